The van der Waals surface area contributed by atoms with E-state index in [4.69, 9.17) is 0 Å². The standard InChI is InChI=1S/C23H22N3/c1-15-9-16(2)17(3)21(10-15)23-12-18-5-6-19(11-20(18)14-26(23)4)22-13-24-7-8-25-22/h5-14H,1-4H3/q+1. The monoisotopic (exact) mass is 340 g/mol. The van der Waals surface area contributed by atoms with E-state index in [2.05, 4.69) is 84.9 Å². The molecule has 4 aromatic rings. The molecule has 0 amide bonds. The first-order chi connectivity index (χ1) is 12.5. The van der Waals surface area contributed by atoms with Crippen LogP contribution in [0.4, 0.5) is 0 Å². The van der Waals surface area contributed by atoms with Gasteiger partial charge in [-0.3, -0.25) is 9.97 Å². The van der Waals surface area contributed by atoms with E-state index >= 15 is 0 Å². The van der Waals surface area contributed by atoms with Gasteiger partial charge in [-0.2, -0.15) is 0 Å². The zero-order chi connectivity index (χ0) is 18.3. The van der Waals surface area contributed by atoms with Gasteiger partial charge in [-0.15, -0.1) is 0 Å². The Labute approximate surface area is 154 Å². The Kier molecular flexibility index (Phi) is 4.00. The topological polar surface area (TPSA) is 29.7 Å². The molecular weight excluding hydrogens is 318 g/mol. The smallest absolute Gasteiger partial charge is 0.213 e. The first kappa shape index (κ1) is 16.4. The van der Waals surface area contributed by atoms with Crippen molar-refractivity contribution in [3.8, 4) is 22.5 Å². The fourth-order valence-corrected chi connectivity index (χ4v) is 3.53. The van der Waals surface area contributed by atoms with E-state index in [-0.39, 0.29) is 0 Å². The summed E-state index contributed by atoms with van der Waals surface area (Å²) in [5.74, 6) is 0. The van der Waals surface area contributed by atoms with E-state index in [0.717, 1.165) is 11.3 Å². The molecule has 0 spiro atoms. The maximum Gasteiger partial charge on any atom is 0.213 e. The highest BCUT2D eigenvalue weighted by molar-refractivity contribution is 5.88. The maximum absolute atomic E-state index is 4.41. The van der Waals surface area contributed by atoms with Crippen LogP contribution in [0.2, 0.25) is 0 Å². The van der Waals surface area contributed by atoms with Gasteiger partial charge in [0.05, 0.1) is 11.9 Å². The third-order valence-corrected chi connectivity index (χ3v) is 5.04. The zero-order valence-electron chi connectivity index (χ0n) is 15.6. The van der Waals surface area contributed by atoms with Gasteiger partial charge in [0.2, 0.25) is 5.69 Å². The van der Waals surface area contributed by atoms with Crippen molar-refractivity contribution in [1.82, 2.24) is 9.97 Å². The van der Waals surface area contributed by atoms with Gasteiger partial charge in [0.1, 0.15) is 7.05 Å². The third kappa shape index (κ3) is 2.86. The van der Waals surface area contributed by atoms with Crippen LogP contribution in [0.3, 0.4) is 0 Å². The number of nitrogens with zero attached hydrogens (tertiary/aromatic N) is 3. The molecule has 0 saturated heterocycles. The molecule has 0 radical (unpaired) electrons. The van der Waals surface area contributed by atoms with Gasteiger partial charge in [0.15, 0.2) is 6.20 Å². The molecule has 2 aromatic heterocycles. The molecule has 128 valence electrons. The summed E-state index contributed by atoms with van der Waals surface area (Å²) in [6.07, 6.45) is 7.42. The van der Waals surface area contributed by atoms with Gasteiger partial charge in [0, 0.05) is 35.0 Å². The Balaban J connectivity index is 1.88. The van der Waals surface area contributed by atoms with Gasteiger partial charge in [-0.1, -0.05) is 23.8 Å². The van der Waals surface area contributed by atoms with Crippen LogP contribution >= 0.6 is 0 Å². The zero-order valence-corrected chi connectivity index (χ0v) is 15.6. The highest BCUT2D eigenvalue weighted by Crippen LogP contribution is 2.28. The maximum atomic E-state index is 4.41. The fraction of sp³-hybridized carbons (Fsp3) is 0.174. The number of aryl methyl sites for hydroxylation is 3. The van der Waals surface area contributed by atoms with Crippen LogP contribution in [0, 0.1) is 20.8 Å². The van der Waals surface area contributed by atoms with Crippen molar-refractivity contribution in [2.45, 2.75) is 20.8 Å². The Morgan fingerprint density at radius 3 is 2.50 bits per heavy atom. The average molecular weight is 340 g/mol. The van der Waals surface area contributed by atoms with Gasteiger partial charge in [-0.25, -0.2) is 4.57 Å². The molecule has 0 atom stereocenters. The van der Waals surface area contributed by atoms with Crippen LogP contribution in [0.25, 0.3) is 33.3 Å². The van der Waals surface area contributed by atoms with Crippen LogP contribution in [0.5, 0.6) is 0 Å². The minimum atomic E-state index is 0.895. The summed E-state index contributed by atoms with van der Waals surface area (Å²) in [5.41, 5.74) is 8.46. The number of hydrogen-bond donors (Lipinski definition) is 0. The fourth-order valence-electron chi connectivity index (χ4n) is 3.53. The molecule has 0 fully saturated rings. The molecule has 3 nitrogen and oxygen atoms in total. The third-order valence-electron chi connectivity index (χ3n) is 5.04. The van der Waals surface area contributed by atoms with E-state index in [1.54, 1.807) is 18.6 Å². The van der Waals surface area contributed by atoms with Crippen LogP contribution in [0.15, 0.2) is 61.2 Å². The van der Waals surface area contributed by atoms with E-state index in [1.807, 2.05) is 0 Å². The van der Waals surface area contributed by atoms with E-state index in [9.17, 15) is 0 Å². The highest BCUT2D eigenvalue weighted by atomic mass is 14.9. The molecule has 3 heteroatoms. The second kappa shape index (κ2) is 6.34. The molecule has 0 aliphatic rings. The number of pyridine rings is 1. The Hall–Kier alpha value is -3.07. The summed E-state index contributed by atoms with van der Waals surface area (Å²) in [6.45, 7) is 6.54. The first-order valence-corrected chi connectivity index (χ1v) is 8.81. The number of fused-ring (bicyclic) bond motifs is 1. The van der Waals surface area contributed by atoms with Crippen LogP contribution in [-0.4, -0.2) is 9.97 Å². The lowest BCUT2D eigenvalue weighted by Gasteiger charge is -2.10. The SMILES string of the molecule is Cc1cc(C)c(C)c(-c2cc3ccc(-c4cnccn4)cc3c[n+]2C)c1. The lowest BCUT2D eigenvalue weighted by molar-refractivity contribution is -0.659. The second-order valence-electron chi connectivity index (χ2n) is 6.96. The molecule has 4 rings (SSSR count). The van der Waals surface area contributed by atoms with Gasteiger partial charge in [0.25, 0.3) is 0 Å². The quantitative estimate of drug-likeness (QED) is 0.495. The summed E-state index contributed by atoms with van der Waals surface area (Å²) >= 11 is 0. The van der Waals surface area contributed by atoms with Crippen LogP contribution in [-0.2, 0) is 7.05 Å². The predicted molar refractivity (Wildman–Crippen MR) is 106 cm³/mol. The van der Waals surface area contributed by atoms with E-state index in [1.165, 1.54) is 38.7 Å². The molecule has 0 aliphatic carbocycles. The number of hydrogen-bond acceptors (Lipinski definition) is 2. The Bertz CT molecular complexity index is 1120. The number of benzene rings is 2. The van der Waals surface area contributed by atoms with Crippen molar-refractivity contribution in [2.24, 2.45) is 7.05 Å². The van der Waals surface area contributed by atoms with Gasteiger partial charge >= 0.3 is 0 Å². The molecule has 0 unspecified atom stereocenters. The number of aromatic nitrogens is 3. The molecular formula is C23H22N3+. The molecule has 0 saturated carbocycles. The van der Waals surface area contributed by atoms with Crippen molar-refractivity contribution in [2.75, 3.05) is 0 Å². The predicted octanol–water partition coefficient (Wildman–Crippen LogP) is 4.71. The van der Waals surface area contributed by atoms with Crippen LogP contribution in [0.1, 0.15) is 16.7 Å². The Morgan fingerprint density at radius 1 is 0.885 bits per heavy atom. The first-order valence-electron chi connectivity index (χ1n) is 8.81. The van der Waals surface area contributed by atoms with Crippen molar-refractivity contribution in [1.29, 1.82) is 0 Å². The minimum Gasteiger partial charge on any atom is -0.261 e. The molecule has 0 bridgehead atoms. The van der Waals surface area contributed by atoms with Crippen molar-refractivity contribution < 1.29 is 4.57 Å². The van der Waals surface area contributed by atoms with E-state index < -0.39 is 0 Å². The normalized spacial score (nSPS) is 11.1. The average Bonchev–Trinajstić information content (AvgIpc) is 2.64. The molecule has 2 aromatic carbocycles. The lowest BCUT2D eigenvalue weighted by Crippen LogP contribution is -2.30. The summed E-state index contributed by atoms with van der Waals surface area (Å²) in [4.78, 5) is 8.58. The summed E-state index contributed by atoms with van der Waals surface area (Å²) in [6, 6.07) is 13.3. The highest BCUT2D eigenvalue weighted by Gasteiger charge is 2.16. The molecule has 0 aliphatic heterocycles. The summed E-state index contributed by atoms with van der Waals surface area (Å²) in [7, 11) is 2.11. The minimum absolute atomic E-state index is 0.895. The molecule has 2 heterocycles. The van der Waals surface area contributed by atoms with Crippen molar-refractivity contribution in [3.05, 3.63) is 77.9 Å². The van der Waals surface area contributed by atoms with Crippen molar-refractivity contribution >= 4 is 10.8 Å². The molecule has 26 heavy (non-hydrogen) atoms. The summed E-state index contributed by atoms with van der Waals surface area (Å²) in [5, 5.41) is 2.42. The second-order valence-corrected chi connectivity index (χ2v) is 6.96. The lowest BCUT2D eigenvalue weighted by atomic mass is 9.96. The largest absolute Gasteiger partial charge is 0.261 e. The van der Waals surface area contributed by atoms with Crippen LogP contribution < -0.4 is 4.57 Å². The van der Waals surface area contributed by atoms with E-state index in [0.29, 0.717) is 0 Å². The number of rotatable bonds is 2. The Morgan fingerprint density at radius 2 is 1.73 bits per heavy atom. The molecule has 0 N–H and O–H groups in total. The summed E-state index contributed by atoms with van der Waals surface area (Å²) < 4.78 is 2.21. The van der Waals surface area contributed by atoms with Gasteiger partial charge < -0.3 is 0 Å². The van der Waals surface area contributed by atoms with Gasteiger partial charge in [-0.05, 0) is 49.4 Å². The van der Waals surface area contributed by atoms with Crippen molar-refractivity contribution in [3.63, 3.8) is 0 Å².